The Bertz CT molecular complexity index is 594. The molecule has 0 spiro atoms. The molecule has 0 radical (unpaired) electrons. The molecular formula is C13H17N5O2. The Kier molecular flexibility index (Phi) is 4.19. The van der Waals surface area contributed by atoms with Crippen LogP contribution < -0.4 is 10.1 Å². The van der Waals surface area contributed by atoms with E-state index in [0.29, 0.717) is 12.2 Å². The minimum Gasteiger partial charge on any atom is -0.497 e. The predicted molar refractivity (Wildman–Crippen MR) is 73.8 cm³/mol. The molecule has 0 aliphatic carbocycles. The maximum atomic E-state index is 11.4. The Morgan fingerprint density at radius 2 is 2.25 bits per heavy atom. The summed E-state index contributed by atoms with van der Waals surface area (Å²) in [6.07, 6.45) is 1.77. The molecule has 2 amide bonds. The normalized spacial score (nSPS) is 10.2. The van der Waals surface area contributed by atoms with Crippen LogP contribution in [0.1, 0.15) is 5.69 Å². The third kappa shape index (κ3) is 3.25. The van der Waals surface area contributed by atoms with Crippen LogP contribution >= 0.6 is 0 Å². The van der Waals surface area contributed by atoms with E-state index in [1.54, 1.807) is 32.1 Å². The SMILES string of the molecule is COc1cccc(-n2cc(CNC(=O)N(C)C)nn2)c1. The zero-order valence-electron chi connectivity index (χ0n) is 11.7. The van der Waals surface area contributed by atoms with Gasteiger partial charge in [-0.25, -0.2) is 9.48 Å². The van der Waals surface area contributed by atoms with E-state index in [2.05, 4.69) is 15.6 Å². The molecule has 1 N–H and O–H groups in total. The highest BCUT2D eigenvalue weighted by Crippen LogP contribution is 2.15. The smallest absolute Gasteiger partial charge is 0.317 e. The highest BCUT2D eigenvalue weighted by atomic mass is 16.5. The van der Waals surface area contributed by atoms with Crippen molar-refractivity contribution in [1.29, 1.82) is 0 Å². The molecule has 0 saturated heterocycles. The third-order valence-electron chi connectivity index (χ3n) is 2.69. The number of urea groups is 1. The molecule has 0 saturated carbocycles. The topological polar surface area (TPSA) is 72.3 Å². The Morgan fingerprint density at radius 1 is 1.45 bits per heavy atom. The first-order valence-corrected chi connectivity index (χ1v) is 6.11. The lowest BCUT2D eigenvalue weighted by molar-refractivity contribution is 0.217. The lowest BCUT2D eigenvalue weighted by Crippen LogP contribution is -2.34. The van der Waals surface area contributed by atoms with Crippen LogP contribution in [0.2, 0.25) is 0 Å². The van der Waals surface area contributed by atoms with Crippen molar-refractivity contribution in [2.24, 2.45) is 0 Å². The van der Waals surface area contributed by atoms with Crippen LogP contribution in [0.4, 0.5) is 4.79 Å². The summed E-state index contributed by atoms with van der Waals surface area (Å²) in [5, 5.41) is 10.8. The molecule has 106 valence electrons. The van der Waals surface area contributed by atoms with Gasteiger partial charge in [0.25, 0.3) is 0 Å². The molecule has 7 heteroatoms. The number of ether oxygens (including phenoxy) is 1. The summed E-state index contributed by atoms with van der Waals surface area (Å²) < 4.78 is 6.80. The molecule has 0 atom stereocenters. The average Bonchev–Trinajstić information content (AvgIpc) is 2.93. The minimum atomic E-state index is -0.166. The number of hydrogen-bond acceptors (Lipinski definition) is 4. The molecule has 7 nitrogen and oxygen atoms in total. The molecule has 1 heterocycles. The number of carbonyl (C=O) groups excluding carboxylic acids is 1. The van der Waals surface area contributed by atoms with Crippen molar-refractivity contribution in [3.05, 3.63) is 36.2 Å². The summed E-state index contributed by atoms with van der Waals surface area (Å²) in [7, 11) is 4.98. The molecule has 2 aromatic rings. The number of methoxy groups -OCH3 is 1. The summed E-state index contributed by atoms with van der Waals surface area (Å²) in [6, 6.07) is 7.33. The number of amides is 2. The van der Waals surface area contributed by atoms with Crippen molar-refractivity contribution < 1.29 is 9.53 Å². The van der Waals surface area contributed by atoms with E-state index < -0.39 is 0 Å². The number of hydrogen-bond donors (Lipinski definition) is 1. The summed E-state index contributed by atoms with van der Waals surface area (Å²) in [4.78, 5) is 12.9. The van der Waals surface area contributed by atoms with Crippen molar-refractivity contribution >= 4 is 6.03 Å². The van der Waals surface area contributed by atoms with Crippen LogP contribution in [0, 0.1) is 0 Å². The molecular weight excluding hydrogens is 258 g/mol. The Morgan fingerprint density at radius 3 is 2.95 bits per heavy atom. The van der Waals surface area contributed by atoms with Gasteiger partial charge in [-0.1, -0.05) is 11.3 Å². The quantitative estimate of drug-likeness (QED) is 0.905. The summed E-state index contributed by atoms with van der Waals surface area (Å²) in [5.74, 6) is 0.750. The van der Waals surface area contributed by atoms with E-state index in [1.807, 2.05) is 24.3 Å². The van der Waals surface area contributed by atoms with Crippen LogP contribution in [-0.2, 0) is 6.54 Å². The monoisotopic (exact) mass is 275 g/mol. The molecule has 0 unspecified atom stereocenters. The van der Waals surface area contributed by atoms with E-state index in [9.17, 15) is 4.79 Å². The fraction of sp³-hybridized carbons (Fsp3) is 0.308. The second-order valence-corrected chi connectivity index (χ2v) is 4.41. The summed E-state index contributed by atoms with van der Waals surface area (Å²) in [6.45, 7) is 0.334. The largest absolute Gasteiger partial charge is 0.497 e. The van der Waals surface area contributed by atoms with Crippen molar-refractivity contribution in [2.45, 2.75) is 6.54 Å². The molecule has 0 fully saturated rings. The molecule has 1 aromatic carbocycles. The van der Waals surface area contributed by atoms with Crippen molar-refractivity contribution in [1.82, 2.24) is 25.2 Å². The van der Waals surface area contributed by atoms with Crippen LogP contribution in [0.25, 0.3) is 5.69 Å². The van der Waals surface area contributed by atoms with Gasteiger partial charge < -0.3 is 15.0 Å². The maximum absolute atomic E-state index is 11.4. The summed E-state index contributed by atoms with van der Waals surface area (Å²) >= 11 is 0. The first-order valence-electron chi connectivity index (χ1n) is 6.11. The Labute approximate surface area is 117 Å². The second kappa shape index (κ2) is 6.05. The first kappa shape index (κ1) is 13.9. The average molecular weight is 275 g/mol. The van der Waals surface area contributed by atoms with Gasteiger partial charge in [0.15, 0.2) is 0 Å². The highest BCUT2D eigenvalue weighted by Gasteiger charge is 2.06. The fourth-order valence-corrected chi connectivity index (χ4v) is 1.58. The summed E-state index contributed by atoms with van der Waals surface area (Å²) in [5.41, 5.74) is 1.53. The molecule has 20 heavy (non-hydrogen) atoms. The minimum absolute atomic E-state index is 0.166. The van der Waals surface area contributed by atoms with Gasteiger partial charge in [-0.05, 0) is 12.1 Å². The van der Waals surface area contributed by atoms with Crippen LogP contribution in [0.15, 0.2) is 30.5 Å². The molecule has 2 rings (SSSR count). The number of nitrogens with one attached hydrogen (secondary N) is 1. The second-order valence-electron chi connectivity index (χ2n) is 4.41. The van der Waals surface area contributed by atoms with E-state index in [-0.39, 0.29) is 6.03 Å². The van der Waals surface area contributed by atoms with Crippen molar-refractivity contribution in [3.63, 3.8) is 0 Å². The lowest BCUT2D eigenvalue weighted by Gasteiger charge is -2.10. The van der Waals surface area contributed by atoms with Crippen LogP contribution in [0.5, 0.6) is 5.75 Å². The zero-order valence-corrected chi connectivity index (χ0v) is 11.7. The standard InChI is InChI=1S/C13H17N5O2/c1-17(2)13(19)14-8-10-9-18(16-15-10)11-5-4-6-12(7-11)20-3/h4-7,9H,8H2,1-3H3,(H,14,19). The molecule has 0 aliphatic heterocycles. The predicted octanol–water partition coefficient (Wildman–Crippen LogP) is 1.05. The zero-order chi connectivity index (χ0) is 14.5. The van der Waals surface area contributed by atoms with Crippen molar-refractivity contribution in [3.8, 4) is 11.4 Å². The van der Waals surface area contributed by atoms with E-state index >= 15 is 0 Å². The van der Waals surface area contributed by atoms with Gasteiger partial charge >= 0.3 is 6.03 Å². The van der Waals surface area contributed by atoms with Gasteiger partial charge in [-0.3, -0.25) is 0 Å². The van der Waals surface area contributed by atoms with Crippen LogP contribution in [-0.4, -0.2) is 47.1 Å². The van der Waals surface area contributed by atoms with Gasteiger partial charge in [0.1, 0.15) is 11.4 Å². The van der Waals surface area contributed by atoms with Gasteiger partial charge in [-0.15, -0.1) is 5.10 Å². The Balaban J connectivity index is 2.06. The molecule has 0 aliphatic rings. The van der Waals surface area contributed by atoms with E-state index in [4.69, 9.17) is 4.74 Å². The third-order valence-corrected chi connectivity index (χ3v) is 2.69. The number of benzene rings is 1. The van der Waals surface area contributed by atoms with Crippen LogP contribution in [0.3, 0.4) is 0 Å². The number of nitrogens with zero attached hydrogens (tertiary/aromatic N) is 4. The van der Waals surface area contributed by atoms with E-state index in [1.165, 1.54) is 4.90 Å². The van der Waals surface area contributed by atoms with Gasteiger partial charge in [0.05, 0.1) is 25.5 Å². The number of rotatable bonds is 4. The highest BCUT2D eigenvalue weighted by molar-refractivity contribution is 5.73. The lowest BCUT2D eigenvalue weighted by atomic mass is 10.3. The maximum Gasteiger partial charge on any atom is 0.317 e. The fourth-order valence-electron chi connectivity index (χ4n) is 1.58. The van der Waals surface area contributed by atoms with Gasteiger partial charge in [0.2, 0.25) is 0 Å². The molecule has 1 aromatic heterocycles. The van der Waals surface area contributed by atoms with Gasteiger partial charge in [-0.2, -0.15) is 0 Å². The van der Waals surface area contributed by atoms with E-state index in [0.717, 1.165) is 11.4 Å². The first-order chi connectivity index (χ1) is 9.60. The number of carbonyl (C=O) groups is 1. The Hall–Kier alpha value is -2.57. The van der Waals surface area contributed by atoms with Gasteiger partial charge in [0, 0.05) is 20.2 Å². The van der Waals surface area contributed by atoms with Crippen molar-refractivity contribution in [2.75, 3.05) is 21.2 Å². The molecule has 0 bridgehead atoms. The number of aromatic nitrogens is 3.